The van der Waals surface area contributed by atoms with Gasteiger partial charge in [-0.2, -0.15) is 0 Å². The summed E-state index contributed by atoms with van der Waals surface area (Å²) in [5.74, 6) is 0. The summed E-state index contributed by atoms with van der Waals surface area (Å²) in [5, 5.41) is 10.1. The topological polar surface area (TPSA) is 43.1 Å². The van der Waals surface area contributed by atoms with E-state index in [4.69, 9.17) is 0 Å². The summed E-state index contributed by atoms with van der Waals surface area (Å²) >= 11 is 0. The lowest BCUT2D eigenvalue weighted by molar-refractivity contribution is -0.518. The maximum atomic E-state index is 10.1. The number of hydrogen-bond donors (Lipinski definition) is 0. The molecule has 0 N–H and O–H groups in total. The van der Waals surface area contributed by atoms with Crippen molar-refractivity contribution in [1.82, 2.24) is 0 Å². The molecule has 0 aliphatic heterocycles. The van der Waals surface area contributed by atoms with E-state index in [1.54, 1.807) is 6.92 Å². The summed E-state index contributed by atoms with van der Waals surface area (Å²) in [6.07, 6.45) is 5.29. The summed E-state index contributed by atoms with van der Waals surface area (Å²) in [6, 6.07) is -0.406. The van der Waals surface area contributed by atoms with Crippen molar-refractivity contribution in [2.24, 2.45) is 0 Å². The molecule has 0 aliphatic carbocycles. The van der Waals surface area contributed by atoms with Crippen molar-refractivity contribution in [1.29, 1.82) is 0 Å². The lowest BCUT2D eigenvalue weighted by atomic mass is 10.2. The molecule has 0 heterocycles. The Kier molecular flexibility index (Phi) is 4.54. The van der Waals surface area contributed by atoms with E-state index in [1.807, 2.05) is 19.1 Å². The van der Waals surface area contributed by atoms with Crippen LogP contribution in [-0.2, 0) is 0 Å². The number of rotatable bonds is 4. The van der Waals surface area contributed by atoms with Crippen LogP contribution in [0.15, 0.2) is 12.2 Å². The van der Waals surface area contributed by atoms with Crippen LogP contribution in [0.2, 0.25) is 0 Å². The summed E-state index contributed by atoms with van der Waals surface area (Å²) in [7, 11) is 0. The molecule has 0 spiro atoms. The van der Waals surface area contributed by atoms with Crippen molar-refractivity contribution in [3.8, 4) is 0 Å². The fourth-order valence-electron chi connectivity index (χ4n) is 0.610. The molecule has 1 unspecified atom stereocenters. The van der Waals surface area contributed by atoms with E-state index >= 15 is 0 Å². The van der Waals surface area contributed by atoms with E-state index in [2.05, 4.69) is 0 Å². The SMILES string of the molecule is C/C=C\CCC(C)[N+](=O)[O-]. The van der Waals surface area contributed by atoms with Crippen LogP contribution in [0.25, 0.3) is 0 Å². The third kappa shape index (κ3) is 4.06. The number of hydrogen-bond acceptors (Lipinski definition) is 2. The minimum atomic E-state index is -0.406. The number of nitro groups is 1. The first-order valence-electron chi connectivity index (χ1n) is 3.43. The zero-order valence-corrected chi connectivity index (χ0v) is 6.41. The van der Waals surface area contributed by atoms with Crippen LogP contribution in [0.1, 0.15) is 26.7 Å². The summed E-state index contributed by atoms with van der Waals surface area (Å²) in [6.45, 7) is 3.54. The second-order valence-corrected chi connectivity index (χ2v) is 2.28. The van der Waals surface area contributed by atoms with E-state index < -0.39 is 6.04 Å². The van der Waals surface area contributed by atoms with E-state index in [-0.39, 0.29) is 4.92 Å². The first-order chi connectivity index (χ1) is 4.68. The second-order valence-electron chi connectivity index (χ2n) is 2.28. The van der Waals surface area contributed by atoms with Gasteiger partial charge in [0.2, 0.25) is 6.04 Å². The molecule has 10 heavy (non-hydrogen) atoms. The first kappa shape index (κ1) is 9.14. The number of allylic oxidation sites excluding steroid dienone is 2. The highest BCUT2D eigenvalue weighted by Crippen LogP contribution is 2.00. The van der Waals surface area contributed by atoms with E-state index in [1.165, 1.54) is 0 Å². The fraction of sp³-hybridized carbons (Fsp3) is 0.714. The maximum absolute atomic E-state index is 10.1. The van der Waals surface area contributed by atoms with Crippen molar-refractivity contribution in [3.05, 3.63) is 22.3 Å². The Hall–Kier alpha value is -0.860. The third-order valence-corrected chi connectivity index (χ3v) is 1.35. The average Bonchev–Trinajstić information content (AvgIpc) is 1.88. The van der Waals surface area contributed by atoms with Crippen molar-refractivity contribution in [3.63, 3.8) is 0 Å². The van der Waals surface area contributed by atoms with Gasteiger partial charge in [0, 0.05) is 18.3 Å². The van der Waals surface area contributed by atoms with Crippen LogP contribution >= 0.6 is 0 Å². The van der Waals surface area contributed by atoms with Gasteiger partial charge in [-0.05, 0) is 13.3 Å². The Morgan fingerprint density at radius 2 is 2.30 bits per heavy atom. The van der Waals surface area contributed by atoms with Gasteiger partial charge in [-0.25, -0.2) is 0 Å². The molecule has 0 saturated carbocycles. The predicted molar refractivity (Wildman–Crippen MR) is 40.5 cm³/mol. The molecule has 0 aromatic rings. The second kappa shape index (κ2) is 4.97. The summed E-state index contributed by atoms with van der Waals surface area (Å²) < 4.78 is 0. The molecule has 0 rings (SSSR count). The molecule has 3 heteroatoms. The van der Waals surface area contributed by atoms with Gasteiger partial charge < -0.3 is 0 Å². The molecule has 0 radical (unpaired) electrons. The highest BCUT2D eigenvalue weighted by atomic mass is 16.6. The maximum Gasteiger partial charge on any atom is 0.210 e. The van der Waals surface area contributed by atoms with Crippen molar-refractivity contribution < 1.29 is 4.92 Å². The van der Waals surface area contributed by atoms with Crippen molar-refractivity contribution in [2.45, 2.75) is 32.7 Å². The van der Waals surface area contributed by atoms with E-state index in [0.717, 1.165) is 6.42 Å². The molecule has 0 bridgehead atoms. The quantitative estimate of drug-likeness (QED) is 0.343. The molecule has 0 amide bonds. The van der Waals surface area contributed by atoms with Gasteiger partial charge in [0.05, 0.1) is 0 Å². The largest absolute Gasteiger partial charge is 0.264 e. The highest BCUT2D eigenvalue weighted by Gasteiger charge is 2.09. The van der Waals surface area contributed by atoms with Crippen LogP contribution in [0, 0.1) is 10.1 Å². The van der Waals surface area contributed by atoms with Gasteiger partial charge in [0.15, 0.2) is 0 Å². The third-order valence-electron chi connectivity index (χ3n) is 1.35. The average molecular weight is 143 g/mol. The Balaban J connectivity index is 3.39. The molecule has 1 atom stereocenters. The highest BCUT2D eigenvalue weighted by molar-refractivity contribution is 4.77. The van der Waals surface area contributed by atoms with Crippen LogP contribution in [0.3, 0.4) is 0 Å². The molecule has 3 nitrogen and oxygen atoms in total. The monoisotopic (exact) mass is 143 g/mol. The van der Waals surface area contributed by atoms with Crippen LogP contribution in [0.5, 0.6) is 0 Å². The minimum Gasteiger partial charge on any atom is -0.264 e. The van der Waals surface area contributed by atoms with Gasteiger partial charge in [0.1, 0.15) is 0 Å². The fourth-order valence-corrected chi connectivity index (χ4v) is 0.610. The van der Waals surface area contributed by atoms with E-state index in [0.29, 0.717) is 6.42 Å². The van der Waals surface area contributed by atoms with E-state index in [9.17, 15) is 10.1 Å². The molecule has 0 aliphatic rings. The normalized spacial score (nSPS) is 13.8. The predicted octanol–water partition coefficient (Wildman–Crippen LogP) is 2.01. The Morgan fingerprint density at radius 1 is 1.70 bits per heavy atom. The lowest BCUT2D eigenvalue weighted by Gasteiger charge is -1.98. The minimum absolute atomic E-state index is 0.247. The summed E-state index contributed by atoms with van der Waals surface area (Å²) in [4.78, 5) is 9.83. The van der Waals surface area contributed by atoms with Gasteiger partial charge in [-0.1, -0.05) is 12.2 Å². The molecular formula is C7H13NO2. The van der Waals surface area contributed by atoms with Gasteiger partial charge >= 0.3 is 0 Å². The summed E-state index contributed by atoms with van der Waals surface area (Å²) in [5.41, 5.74) is 0. The number of nitrogens with zero attached hydrogens (tertiary/aromatic N) is 1. The van der Waals surface area contributed by atoms with Crippen molar-refractivity contribution >= 4 is 0 Å². The Labute approximate surface area is 60.9 Å². The van der Waals surface area contributed by atoms with Gasteiger partial charge in [0.25, 0.3) is 0 Å². The molecular weight excluding hydrogens is 130 g/mol. The zero-order valence-electron chi connectivity index (χ0n) is 6.41. The molecule has 0 aromatic carbocycles. The molecule has 0 aromatic heterocycles. The first-order valence-corrected chi connectivity index (χ1v) is 3.43. The van der Waals surface area contributed by atoms with Crippen LogP contribution in [0.4, 0.5) is 0 Å². The zero-order chi connectivity index (χ0) is 7.98. The van der Waals surface area contributed by atoms with Crippen LogP contribution < -0.4 is 0 Å². The molecule has 0 fully saturated rings. The standard InChI is InChI=1S/C7H13NO2/c1-3-4-5-6-7(2)8(9)10/h3-4,7H,5-6H2,1-2H3/b4-3-. The van der Waals surface area contributed by atoms with Crippen molar-refractivity contribution in [2.75, 3.05) is 0 Å². The van der Waals surface area contributed by atoms with Crippen LogP contribution in [-0.4, -0.2) is 11.0 Å². The molecule has 58 valence electrons. The smallest absolute Gasteiger partial charge is 0.210 e. The molecule has 0 saturated heterocycles. The Bertz CT molecular complexity index is 132. The van der Waals surface area contributed by atoms with Gasteiger partial charge in [-0.15, -0.1) is 0 Å². The van der Waals surface area contributed by atoms with Gasteiger partial charge in [-0.3, -0.25) is 10.1 Å². The lowest BCUT2D eigenvalue weighted by Crippen LogP contribution is -2.13. The Morgan fingerprint density at radius 3 is 2.70 bits per heavy atom.